The zero-order valence-electron chi connectivity index (χ0n) is 15.4. The Kier molecular flexibility index (Phi) is 5.03. The summed E-state index contributed by atoms with van der Waals surface area (Å²) < 4.78 is 8.35. The zero-order valence-corrected chi connectivity index (χ0v) is 15.4. The Morgan fingerprint density at radius 3 is 2.81 bits per heavy atom. The van der Waals surface area contributed by atoms with Gasteiger partial charge in [0.1, 0.15) is 0 Å². The van der Waals surface area contributed by atoms with Gasteiger partial charge < -0.3 is 14.2 Å². The number of aryl methyl sites for hydroxylation is 1. The van der Waals surface area contributed by atoms with Crippen molar-refractivity contribution in [2.24, 2.45) is 0 Å². The molecule has 1 aliphatic heterocycles. The number of carbonyl (C=O) groups excluding carboxylic acids is 1. The predicted octanol–water partition coefficient (Wildman–Crippen LogP) is 3.43. The third-order valence-electron chi connectivity index (χ3n) is 4.89. The molecule has 4 rings (SSSR count). The lowest BCUT2D eigenvalue weighted by Crippen LogP contribution is -2.37. The van der Waals surface area contributed by atoms with E-state index in [4.69, 9.17) is 4.74 Å². The van der Waals surface area contributed by atoms with Crippen molar-refractivity contribution in [2.45, 2.75) is 32.7 Å². The Bertz CT molecular complexity index is 920. The van der Waals surface area contributed by atoms with Crippen LogP contribution in [0.15, 0.2) is 67.1 Å². The molecule has 5 nitrogen and oxygen atoms in total. The lowest BCUT2D eigenvalue weighted by atomic mass is 10.1. The molecule has 0 saturated heterocycles. The minimum atomic E-state index is -0.0689. The minimum absolute atomic E-state index is 0.0471. The molecule has 1 aliphatic rings. The highest BCUT2D eigenvalue weighted by molar-refractivity contribution is 5.94. The summed E-state index contributed by atoms with van der Waals surface area (Å²) in [5.74, 6) is 0.0471. The van der Waals surface area contributed by atoms with Crippen LogP contribution in [0.4, 0.5) is 0 Å². The molecular weight excluding hydrogens is 338 g/mol. The van der Waals surface area contributed by atoms with Crippen molar-refractivity contribution in [3.8, 4) is 0 Å². The summed E-state index contributed by atoms with van der Waals surface area (Å²) in [4.78, 5) is 19.0. The van der Waals surface area contributed by atoms with Crippen LogP contribution in [0.1, 0.15) is 27.2 Å². The summed E-state index contributed by atoms with van der Waals surface area (Å²) >= 11 is 0. The van der Waals surface area contributed by atoms with Crippen molar-refractivity contribution in [3.05, 3.63) is 89.5 Å². The third-order valence-corrected chi connectivity index (χ3v) is 4.89. The number of aromatic nitrogens is 2. The molecule has 1 atom stereocenters. The molecule has 1 aromatic carbocycles. The van der Waals surface area contributed by atoms with Crippen molar-refractivity contribution >= 4 is 5.91 Å². The number of nitrogens with zero attached hydrogens (tertiary/aromatic N) is 3. The van der Waals surface area contributed by atoms with Gasteiger partial charge >= 0.3 is 0 Å². The van der Waals surface area contributed by atoms with Gasteiger partial charge in [-0.15, -0.1) is 0 Å². The number of pyridine rings is 1. The fraction of sp³-hybridized carbons (Fsp3) is 0.273. The molecule has 27 heavy (non-hydrogen) atoms. The first-order chi connectivity index (χ1) is 13.2. The number of benzene rings is 1. The van der Waals surface area contributed by atoms with E-state index in [2.05, 4.69) is 21.8 Å². The second-order valence-electron chi connectivity index (χ2n) is 7.00. The molecule has 0 aliphatic carbocycles. The number of ether oxygens (including phenoxy) is 1. The minimum Gasteiger partial charge on any atom is -0.370 e. The van der Waals surface area contributed by atoms with Crippen LogP contribution >= 0.6 is 0 Å². The van der Waals surface area contributed by atoms with Crippen molar-refractivity contribution in [1.82, 2.24) is 14.5 Å². The largest absolute Gasteiger partial charge is 0.370 e. The Hall–Kier alpha value is -2.92. The molecule has 0 saturated carbocycles. The number of fused-ring (bicyclic) bond motifs is 1. The van der Waals surface area contributed by atoms with E-state index in [0.717, 1.165) is 28.9 Å². The summed E-state index contributed by atoms with van der Waals surface area (Å²) in [5, 5.41) is 0. The fourth-order valence-corrected chi connectivity index (χ4v) is 3.47. The standard InChI is InChI=1S/C22H23N3O2/c1-17-4-2-5-19(12-17)22(26)25-13-20-6-3-11-24(20)14-21(15-25)27-16-18-7-9-23-10-8-18/h2-12,21H,13-16H2,1H3/t21-/m1/s1. The maximum absolute atomic E-state index is 13.1. The second kappa shape index (κ2) is 7.76. The molecule has 2 aromatic heterocycles. The topological polar surface area (TPSA) is 47.4 Å². The van der Waals surface area contributed by atoms with Crippen LogP contribution in [0.25, 0.3) is 0 Å². The summed E-state index contributed by atoms with van der Waals surface area (Å²) in [6.45, 7) is 4.42. The number of carbonyl (C=O) groups is 1. The quantitative estimate of drug-likeness (QED) is 0.715. The molecule has 138 valence electrons. The molecule has 3 heterocycles. The van der Waals surface area contributed by atoms with E-state index in [0.29, 0.717) is 19.7 Å². The zero-order chi connectivity index (χ0) is 18.6. The molecule has 0 bridgehead atoms. The van der Waals surface area contributed by atoms with E-state index >= 15 is 0 Å². The van der Waals surface area contributed by atoms with Crippen LogP contribution < -0.4 is 0 Å². The smallest absolute Gasteiger partial charge is 0.254 e. The summed E-state index contributed by atoms with van der Waals surface area (Å²) in [6, 6.07) is 15.8. The van der Waals surface area contributed by atoms with Crippen LogP contribution in [0, 0.1) is 6.92 Å². The van der Waals surface area contributed by atoms with Crippen molar-refractivity contribution in [2.75, 3.05) is 6.54 Å². The van der Waals surface area contributed by atoms with Gasteiger partial charge in [-0.2, -0.15) is 0 Å². The molecule has 0 N–H and O–H groups in total. The van der Waals surface area contributed by atoms with Crippen LogP contribution in [-0.2, 0) is 24.4 Å². The fourth-order valence-electron chi connectivity index (χ4n) is 3.47. The van der Waals surface area contributed by atoms with Gasteiger partial charge in [0, 0.05) is 36.4 Å². The maximum Gasteiger partial charge on any atom is 0.254 e. The third kappa shape index (κ3) is 4.09. The van der Waals surface area contributed by atoms with Gasteiger partial charge in [0.15, 0.2) is 0 Å². The first kappa shape index (κ1) is 17.5. The molecule has 3 aromatic rings. The van der Waals surface area contributed by atoms with Crippen LogP contribution in [0.2, 0.25) is 0 Å². The first-order valence-electron chi connectivity index (χ1n) is 9.19. The van der Waals surface area contributed by atoms with Crippen molar-refractivity contribution < 1.29 is 9.53 Å². The number of rotatable bonds is 4. The summed E-state index contributed by atoms with van der Waals surface area (Å²) in [6.07, 6.45) is 5.52. The van der Waals surface area contributed by atoms with E-state index in [9.17, 15) is 4.79 Å². The van der Waals surface area contributed by atoms with Crippen molar-refractivity contribution in [1.29, 1.82) is 0 Å². The van der Waals surface area contributed by atoms with Gasteiger partial charge in [0.05, 0.1) is 25.8 Å². The lowest BCUT2D eigenvalue weighted by Gasteiger charge is -2.24. The Balaban J connectivity index is 1.54. The highest BCUT2D eigenvalue weighted by Gasteiger charge is 2.26. The van der Waals surface area contributed by atoms with E-state index in [1.165, 1.54) is 0 Å². The van der Waals surface area contributed by atoms with Crippen molar-refractivity contribution in [3.63, 3.8) is 0 Å². The number of hydrogen-bond acceptors (Lipinski definition) is 3. The molecule has 0 spiro atoms. The maximum atomic E-state index is 13.1. The average molecular weight is 361 g/mol. The summed E-state index contributed by atoms with van der Waals surface area (Å²) in [5.41, 5.74) is 4.02. The Morgan fingerprint density at radius 1 is 1.15 bits per heavy atom. The second-order valence-corrected chi connectivity index (χ2v) is 7.00. The van der Waals surface area contributed by atoms with Crippen LogP contribution in [0.3, 0.4) is 0 Å². The van der Waals surface area contributed by atoms with Gasteiger partial charge in [0.2, 0.25) is 0 Å². The van der Waals surface area contributed by atoms with E-state index < -0.39 is 0 Å². The lowest BCUT2D eigenvalue weighted by molar-refractivity contribution is 0.0105. The number of hydrogen-bond donors (Lipinski definition) is 0. The van der Waals surface area contributed by atoms with Gasteiger partial charge in [-0.3, -0.25) is 9.78 Å². The molecular formula is C22H23N3O2. The van der Waals surface area contributed by atoms with Crippen LogP contribution in [-0.4, -0.2) is 33.0 Å². The predicted molar refractivity (Wildman–Crippen MR) is 103 cm³/mol. The molecule has 0 radical (unpaired) electrons. The van der Waals surface area contributed by atoms with Gasteiger partial charge in [-0.05, 0) is 48.9 Å². The first-order valence-corrected chi connectivity index (χ1v) is 9.19. The van der Waals surface area contributed by atoms with Gasteiger partial charge in [0.25, 0.3) is 5.91 Å². The molecule has 1 amide bonds. The summed E-state index contributed by atoms with van der Waals surface area (Å²) in [7, 11) is 0. The molecule has 0 unspecified atom stereocenters. The Labute approximate surface area is 159 Å². The average Bonchev–Trinajstić information content (AvgIpc) is 3.04. The highest BCUT2D eigenvalue weighted by Crippen LogP contribution is 2.19. The number of amides is 1. The molecule has 0 fully saturated rings. The van der Waals surface area contributed by atoms with E-state index in [-0.39, 0.29) is 12.0 Å². The van der Waals surface area contributed by atoms with Gasteiger partial charge in [-0.1, -0.05) is 17.7 Å². The highest BCUT2D eigenvalue weighted by atomic mass is 16.5. The SMILES string of the molecule is Cc1cccc(C(=O)N2Cc3cccn3C[C@@H](OCc3ccncc3)C2)c1. The Morgan fingerprint density at radius 2 is 2.00 bits per heavy atom. The van der Waals surface area contributed by atoms with E-state index in [1.807, 2.05) is 54.3 Å². The normalized spacial score (nSPS) is 16.6. The monoisotopic (exact) mass is 361 g/mol. The van der Waals surface area contributed by atoms with E-state index in [1.54, 1.807) is 12.4 Å². The molecule has 5 heteroatoms. The van der Waals surface area contributed by atoms with Crippen LogP contribution in [0.5, 0.6) is 0 Å². The van der Waals surface area contributed by atoms with Gasteiger partial charge in [-0.25, -0.2) is 0 Å².